The molecule has 0 aromatic carbocycles. The van der Waals surface area contributed by atoms with Gasteiger partial charge in [0.15, 0.2) is 5.65 Å². The zero-order valence-corrected chi connectivity index (χ0v) is 11.3. The second kappa shape index (κ2) is 6.10. The molecule has 7 nitrogen and oxygen atoms in total. The van der Waals surface area contributed by atoms with Crippen molar-refractivity contribution in [2.45, 2.75) is 6.54 Å². The van der Waals surface area contributed by atoms with Gasteiger partial charge >= 0.3 is 0 Å². The summed E-state index contributed by atoms with van der Waals surface area (Å²) < 4.78 is 0. The highest BCUT2D eigenvalue weighted by molar-refractivity contribution is 6.06. The predicted molar refractivity (Wildman–Crippen MR) is 80.6 cm³/mol. The topological polar surface area (TPSA) is 105 Å². The lowest BCUT2D eigenvalue weighted by Gasteiger charge is -2.04. The number of aliphatic imine (C=N–C) groups is 1. The van der Waals surface area contributed by atoms with Crippen LogP contribution in [-0.4, -0.2) is 32.4 Å². The number of amidine groups is 1. The highest BCUT2D eigenvalue weighted by Crippen LogP contribution is 2.11. The molecule has 0 unspecified atom stereocenters. The van der Waals surface area contributed by atoms with Crippen molar-refractivity contribution in [3.63, 3.8) is 0 Å². The minimum absolute atomic E-state index is 0.417. The third kappa shape index (κ3) is 3.03. The second-order valence-corrected chi connectivity index (χ2v) is 4.41. The molecule has 0 aliphatic rings. The van der Waals surface area contributed by atoms with Crippen LogP contribution < -0.4 is 11.1 Å². The number of imidazole rings is 1. The number of nitrogens with two attached hydrogens (primary N) is 1. The van der Waals surface area contributed by atoms with Crippen LogP contribution in [0.3, 0.4) is 0 Å². The summed E-state index contributed by atoms with van der Waals surface area (Å²) >= 11 is 0. The van der Waals surface area contributed by atoms with E-state index < -0.39 is 0 Å². The molecule has 4 N–H and O–H groups in total. The van der Waals surface area contributed by atoms with E-state index in [0.717, 1.165) is 16.8 Å². The molecule has 3 aromatic rings. The van der Waals surface area contributed by atoms with Gasteiger partial charge in [-0.15, -0.1) is 0 Å². The quantitative estimate of drug-likeness (QED) is 0.364. The number of hydrogen-bond donors (Lipinski definition) is 3. The summed E-state index contributed by atoms with van der Waals surface area (Å²) in [7, 11) is 0. The highest BCUT2D eigenvalue weighted by atomic mass is 15.0. The maximum Gasteiger partial charge on any atom is 0.178 e. The zero-order valence-electron chi connectivity index (χ0n) is 11.3. The van der Waals surface area contributed by atoms with Gasteiger partial charge in [0.2, 0.25) is 0 Å². The standard InChI is InChI=1S/C14H15N7/c15-13(11-4-6-18-14-12(11)19-9-21-14)20-8-16-7-10-3-1-2-5-17-10/h1-6,9,16H,7-8H2,(H2,15,20)(H,18,19,21). The maximum atomic E-state index is 6.02. The van der Waals surface area contributed by atoms with E-state index in [0.29, 0.717) is 24.7 Å². The van der Waals surface area contributed by atoms with Crippen molar-refractivity contribution in [3.8, 4) is 0 Å². The molecule has 0 aliphatic carbocycles. The Hall–Kier alpha value is -2.80. The van der Waals surface area contributed by atoms with Crippen molar-refractivity contribution in [2.75, 3.05) is 6.67 Å². The van der Waals surface area contributed by atoms with Crippen LogP contribution in [0.1, 0.15) is 11.3 Å². The molecule has 0 saturated carbocycles. The van der Waals surface area contributed by atoms with Crippen molar-refractivity contribution < 1.29 is 0 Å². The highest BCUT2D eigenvalue weighted by Gasteiger charge is 2.06. The number of hydrogen-bond acceptors (Lipinski definition) is 5. The third-order valence-corrected chi connectivity index (χ3v) is 3.00. The van der Waals surface area contributed by atoms with Crippen LogP contribution in [-0.2, 0) is 6.54 Å². The summed E-state index contributed by atoms with van der Waals surface area (Å²) in [4.78, 5) is 19.8. The van der Waals surface area contributed by atoms with Crippen LogP contribution in [0.25, 0.3) is 11.2 Å². The lowest BCUT2D eigenvalue weighted by atomic mass is 10.2. The van der Waals surface area contributed by atoms with Crippen molar-refractivity contribution in [2.24, 2.45) is 10.7 Å². The normalized spacial score (nSPS) is 11.9. The van der Waals surface area contributed by atoms with Gasteiger partial charge in [0.25, 0.3) is 0 Å². The van der Waals surface area contributed by atoms with E-state index in [9.17, 15) is 0 Å². The molecular weight excluding hydrogens is 266 g/mol. The molecule has 3 aromatic heterocycles. The molecule has 3 heterocycles. The van der Waals surface area contributed by atoms with Gasteiger partial charge in [-0.05, 0) is 18.2 Å². The Morgan fingerprint density at radius 1 is 1.19 bits per heavy atom. The van der Waals surface area contributed by atoms with E-state index in [2.05, 4.69) is 30.2 Å². The van der Waals surface area contributed by atoms with Crippen LogP contribution in [0.2, 0.25) is 0 Å². The average Bonchev–Trinajstić information content (AvgIpc) is 3.01. The molecular formula is C14H15N7. The summed E-state index contributed by atoms with van der Waals surface area (Å²) in [5.41, 5.74) is 9.21. The SMILES string of the molecule is NC(=NCNCc1ccccn1)c1ccnc2nc[nH]c12. The Kier molecular flexibility index (Phi) is 3.83. The van der Waals surface area contributed by atoms with Crippen molar-refractivity contribution in [3.05, 3.63) is 54.2 Å². The van der Waals surface area contributed by atoms with E-state index in [1.165, 1.54) is 0 Å². The molecule has 7 heteroatoms. The van der Waals surface area contributed by atoms with Crippen LogP contribution in [0.15, 0.2) is 48.0 Å². The summed E-state index contributed by atoms with van der Waals surface area (Å²) in [5.74, 6) is 0.445. The van der Waals surface area contributed by atoms with E-state index in [1.807, 2.05) is 24.3 Å². The lowest BCUT2D eigenvalue weighted by molar-refractivity contribution is 0.695. The lowest BCUT2D eigenvalue weighted by Crippen LogP contribution is -2.20. The first-order chi connectivity index (χ1) is 10.3. The molecule has 0 atom stereocenters. The molecule has 106 valence electrons. The molecule has 0 fully saturated rings. The van der Waals surface area contributed by atoms with E-state index >= 15 is 0 Å². The Labute approximate surface area is 121 Å². The van der Waals surface area contributed by atoms with Crippen LogP contribution >= 0.6 is 0 Å². The van der Waals surface area contributed by atoms with Gasteiger partial charge in [-0.3, -0.25) is 15.3 Å². The first-order valence-electron chi connectivity index (χ1n) is 6.53. The Morgan fingerprint density at radius 2 is 2.14 bits per heavy atom. The minimum atomic E-state index is 0.417. The van der Waals surface area contributed by atoms with Gasteiger partial charge in [0.1, 0.15) is 5.84 Å². The van der Waals surface area contributed by atoms with Crippen LogP contribution in [0.5, 0.6) is 0 Å². The van der Waals surface area contributed by atoms with Gasteiger partial charge in [0.05, 0.1) is 24.2 Å². The van der Waals surface area contributed by atoms with Gasteiger partial charge in [-0.2, -0.15) is 0 Å². The number of nitrogens with zero attached hydrogens (tertiary/aromatic N) is 4. The predicted octanol–water partition coefficient (Wildman–Crippen LogP) is 0.805. The third-order valence-electron chi connectivity index (χ3n) is 3.00. The number of rotatable bonds is 5. The smallest absolute Gasteiger partial charge is 0.178 e. The zero-order chi connectivity index (χ0) is 14.5. The summed E-state index contributed by atoms with van der Waals surface area (Å²) in [6.07, 6.45) is 5.02. The fraction of sp³-hybridized carbons (Fsp3) is 0.143. The number of H-pyrrole nitrogens is 1. The van der Waals surface area contributed by atoms with Crippen molar-refractivity contribution >= 4 is 17.0 Å². The minimum Gasteiger partial charge on any atom is -0.383 e. The van der Waals surface area contributed by atoms with Gasteiger partial charge in [-0.1, -0.05) is 6.07 Å². The monoisotopic (exact) mass is 281 g/mol. The molecule has 0 spiro atoms. The number of nitrogens with one attached hydrogen (secondary N) is 2. The number of aromatic amines is 1. The molecule has 21 heavy (non-hydrogen) atoms. The van der Waals surface area contributed by atoms with Crippen molar-refractivity contribution in [1.82, 2.24) is 25.3 Å². The largest absolute Gasteiger partial charge is 0.383 e. The Bertz CT molecular complexity index is 748. The fourth-order valence-corrected chi connectivity index (χ4v) is 1.98. The molecule has 0 bridgehead atoms. The van der Waals surface area contributed by atoms with Crippen LogP contribution in [0.4, 0.5) is 0 Å². The average molecular weight is 281 g/mol. The molecule has 0 radical (unpaired) electrons. The number of fused-ring (bicyclic) bond motifs is 1. The van der Waals surface area contributed by atoms with Crippen molar-refractivity contribution in [1.29, 1.82) is 0 Å². The first-order valence-corrected chi connectivity index (χ1v) is 6.53. The summed E-state index contributed by atoms with van der Waals surface area (Å²) in [5, 5.41) is 3.17. The summed E-state index contributed by atoms with van der Waals surface area (Å²) in [6, 6.07) is 7.61. The van der Waals surface area contributed by atoms with E-state index in [1.54, 1.807) is 18.7 Å². The first kappa shape index (κ1) is 13.2. The number of pyridine rings is 2. The van der Waals surface area contributed by atoms with Gasteiger partial charge < -0.3 is 10.7 Å². The van der Waals surface area contributed by atoms with Gasteiger partial charge in [0, 0.05) is 24.5 Å². The molecule has 0 saturated heterocycles. The molecule has 0 amide bonds. The van der Waals surface area contributed by atoms with Crippen LogP contribution in [0, 0.1) is 0 Å². The Morgan fingerprint density at radius 3 is 3.00 bits per heavy atom. The number of aromatic nitrogens is 4. The van der Waals surface area contributed by atoms with E-state index in [-0.39, 0.29) is 0 Å². The molecule has 0 aliphatic heterocycles. The maximum absolute atomic E-state index is 6.02. The summed E-state index contributed by atoms with van der Waals surface area (Å²) in [6.45, 7) is 1.06. The Balaban J connectivity index is 1.65. The van der Waals surface area contributed by atoms with Gasteiger partial charge in [-0.25, -0.2) is 9.97 Å². The molecule has 3 rings (SSSR count). The van der Waals surface area contributed by atoms with E-state index in [4.69, 9.17) is 5.73 Å². The fourth-order valence-electron chi connectivity index (χ4n) is 1.98. The second-order valence-electron chi connectivity index (χ2n) is 4.41.